The Labute approximate surface area is 84.1 Å². The van der Waals surface area contributed by atoms with Crippen LogP contribution in [0.5, 0.6) is 0 Å². The van der Waals surface area contributed by atoms with Crippen LogP contribution < -0.4 is 5.32 Å². The lowest BCUT2D eigenvalue weighted by Crippen LogP contribution is -2.26. The maximum absolute atomic E-state index is 5.27. The SMILES string of the molecule is Cc1nnc(CNC(C)CC2CC2)o1. The summed E-state index contributed by atoms with van der Waals surface area (Å²) in [5.41, 5.74) is 0. The Morgan fingerprint density at radius 3 is 2.86 bits per heavy atom. The molecule has 1 atom stereocenters. The molecule has 78 valence electrons. The predicted molar refractivity (Wildman–Crippen MR) is 52.7 cm³/mol. The molecule has 0 saturated heterocycles. The molecule has 1 fully saturated rings. The summed E-state index contributed by atoms with van der Waals surface area (Å²) in [6, 6.07) is 0.551. The molecule has 1 N–H and O–H groups in total. The Balaban J connectivity index is 1.70. The Hall–Kier alpha value is -0.900. The van der Waals surface area contributed by atoms with Crippen molar-refractivity contribution in [2.24, 2.45) is 5.92 Å². The molecule has 1 aromatic rings. The fourth-order valence-electron chi connectivity index (χ4n) is 1.61. The smallest absolute Gasteiger partial charge is 0.230 e. The first-order chi connectivity index (χ1) is 6.74. The molecule has 4 heteroatoms. The zero-order valence-electron chi connectivity index (χ0n) is 8.79. The van der Waals surface area contributed by atoms with Crippen LogP contribution in [0.25, 0.3) is 0 Å². The van der Waals surface area contributed by atoms with Crippen molar-refractivity contribution in [2.45, 2.75) is 45.7 Å². The molecular weight excluding hydrogens is 178 g/mol. The van der Waals surface area contributed by atoms with E-state index in [2.05, 4.69) is 22.4 Å². The third-order valence-electron chi connectivity index (χ3n) is 2.55. The van der Waals surface area contributed by atoms with Crippen molar-refractivity contribution in [3.8, 4) is 0 Å². The van der Waals surface area contributed by atoms with Gasteiger partial charge in [-0.1, -0.05) is 12.8 Å². The van der Waals surface area contributed by atoms with Gasteiger partial charge in [0.15, 0.2) is 0 Å². The van der Waals surface area contributed by atoms with Gasteiger partial charge in [0.05, 0.1) is 6.54 Å². The number of nitrogens with one attached hydrogen (secondary N) is 1. The number of hydrogen-bond donors (Lipinski definition) is 1. The number of rotatable bonds is 5. The van der Waals surface area contributed by atoms with E-state index in [0.717, 1.165) is 5.92 Å². The molecule has 1 heterocycles. The van der Waals surface area contributed by atoms with Gasteiger partial charge in [0, 0.05) is 13.0 Å². The monoisotopic (exact) mass is 195 g/mol. The molecule has 0 amide bonds. The third kappa shape index (κ3) is 2.80. The summed E-state index contributed by atoms with van der Waals surface area (Å²) < 4.78 is 5.27. The van der Waals surface area contributed by atoms with E-state index in [1.54, 1.807) is 0 Å². The minimum Gasteiger partial charge on any atom is -0.424 e. The highest BCUT2D eigenvalue weighted by Crippen LogP contribution is 2.33. The van der Waals surface area contributed by atoms with Gasteiger partial charge < -0.3 is 9.73 Å². The zero-order valence-corrected chi connectivity index (χ0v) is 8.79. The average molecular weight is 195 g/mol. The van der Waals surface area contributed by atoms with Crippen LogP contribution in [-0.4, -0.2) is 16.2 Å². The van der Waals surface area contributed by atoms with Gasteiger partial charge >= 0.3 is 0 Å². The van der Waals surface area contributed by atoms with Crippen molar-refractivity contribution in [3.05, 3.63) is 11.8 Å². The average Bonchev–Trinajstić information content (AvgIpc) is 2.85. The van der Waals surface area contributed by atoms with E-state index in [1.165, 1.54) is 19.3 Å². The van der Waals surface area contributed by atoms with E-state index in [-0.39, 0.29) is 0 Å². The lowest BCUT2D eigenvalue weighted by Gasteiger charge is -2.10. The van der Waals surface area contributed by atoms with Gasteiger partial charge in [-0.15, -0.1) is 10.2 Å². The third-order valence-corrected chi connectivity index (χ3v) is 2.55. The van der Waals surface area contributed by atoms with Crippen molar-refractivity contribution in [1.29, 1.82) is 0 Å². The Kier molecular flexibility index (Phi) is 2.82. The van der Waals surface area contributed by atoms with Crippen LogP contribution in [0.15, 0.2) is 4.42 Å². The molecule has 1 unspecified atom stereocenters. The van der Waals surface area contributed by atoms with Gasteiger partial charge in [-0.25, -0.2) is 0 Å². The fraction of sp³-hybridized carbons (Fsp3) is 0.800. The normalized spacial score (nSPS) is 18.4. The number of hydrogen-bond acceptors (Lipinski definition) is 4. The number of nitrogens with zero attached hydrogens (tertiary/aromatic N) is 2. The standard InChI is InChI=1S/C10H17N3O/c1-7(5-9-3-4-9)11-6-10-13-12-8(2)14-10/h7,9,11H,3-6H2,1-2H3. The molecule has 0 bridgehead atoms. The topological polar surface area (TPSA) is 51.0 Å². The van der Waals surface area contributed by atoms with E-state index in [1.807, 2.05) is 6.92 Å². The largest absolute Gasteiger partial charge is 0.424 e. The summed E-state index contributed by atoms with van der Waals surface area (Å²) in [4.78, 5) is 0. The molecule has 1 aliphatic rings. The van der Waals surface area contributed by atoms with Crippen LogP contribution in [0.2, 0.25) is 0 Å². The van der Waals surface area contributed by atoms with Crippen molar-refractivity contribution < 1.29 is 4.42 Å². The summed E-state index contributed by atoms with van der Waals surface area (Å²) in [7, 11) is 0. The van der Waals surface area contributed by atoms with Gasteiger partial charge in [0.1, 0.15) is 0 Å². The molecule has 1 aromatic heterocycles. The minimum absolute atomic E-state index is 0.551. The van der Waals surface area contributed by atoms with Gasteiger partial charge in [0.25, 0.3) is 0 Å². The Morgan fingerprint density at radius 2 is 2.29 bits per heavy atom. The van der Waals surface area contributed by atoms with Crippen molar-refractivity contribution >= 4 is 0 Å². The van der Waals surface area contributed by atoms with E-state index < -0.39 is 0 Å². The fourth-order valence-corrected chi connectivity index (χ4v) is 1.61. The lowest BCUT2D eigenvalue weighted by molar-refractivity contribution is 0.412. The second-order valence-corrected chi connectivity index (χ2v) is 4.18. The summed E-state index contributed by atoms with van der Waals surface area (Å²) in [6.07, 6.45) is 4.09. The molecule has 2 rings (SSSR count). The molecule has 0 spiro atoms. The second-order valence-electron chi connectivity index (χ2n) is 4.18. The van der Waals surface area contributed by atoms with E-state index in [9.17, 15) is 0 Å². The number of aryl methyl sites for hydroxylation is 1. The van der Waals surface area contributed by atoms with Crippen LogP contribution in [0.3, 0.4) is 0 Å². The van der Waals surface area contributed by atoms with Crippen LogP contribution in [0.4, 0.5) is 0 Å². The van der Waals surface area contributed by atoms with Gasteiger partial charge in [-0.2, -0.15) is 0 Å². The van der Waals surface area contributed by atoms with Gasteiger partial charge in [-0.05, 0) is 19.3 Å². The maximum Gasteiger partial charge on any atom is 0.230 e. The molecule has 0 aliphatic heterocycles. The van der Waals surface area contributed by atoms with Crippen LogP contribution in [-0.2, 0) is 6.54 Å². The quantitative estimate of drug-likeness (QED) is 0.776. The highest BCUT2D eigenvalue weighted by molar-refractivity contribution is 4.81. The summed E-state index contributed by atoms with van der Waals surface area (Å²) in [5.74, 6) is 2.28. The summed E-state index contributed by atoms with van der Waals surface area (Å²) in [5, 5.41) is 11.1. The predicted octanol–water partition coefficient (Wildman–Crippen LogP) is 1.66. The minimum atomic E-state index is 0.551. The van der Waals surface area contributed by atoms with Crippen LogP contribution >= 0.6 is 0 Å². The molecule has 1 saturated carbocycles. The first-order valence-electron chi connectivity index (χ1n) is 5.26. The van der Waals surface area contributed by atoms with Crippen molar-refractivity contribution in [3.63, 3.8) is 0 Å². The Morgan fingerprint density at radius 1 is 1.50 bits per heavy atom. The van der Waals surface area contributed by atoms with Crippen LogP contribution in [0.1, 0.15) is 38.0 Å². The van der Waals surface area contributed by atoms with Gasteiger partial charge in [0.2, 0.25) is 11.8 Å². The van der Waals surface area contributed by atoms with Crippen LogP contribution in [0, 0.1) is 12.8 Å². The maximum atomic E-state index is 5.27. The van der Waals surface area contributed by atoms with Crippen molar-refractivity contribution in [1.82, 2.24) is 15.5 Å². The van der Waals surface area contributed by atoms with E-state index in [0.29, 0.717) is 24.4 Å². The van der Waals surface area contributed by atoms with Crippen molar-refractivity contribution in [2.75, 3.05) is 0 Å². The Bertz CT molecular complexity index is 293. The zero-order chi connectivity index (χ0) is 9.97. The molecule has 0 aromatic carbocycles. The molecule has 0 radical (unpaired) electrons. The molecular formula is C10H17N3O. The van der Waals surface area contributed by atoms with E-state index in [4.69, 9.17) is 4.42 Å². The highest BCUT2D eigenvalue weighted by atomic mass is 16.4. The first-order valence-corrected chi connectivity index (χ1v) is 5.26. The molecule has 1 aliphatic carbocycles. The summed E-state index contributed by atoms with van der Waals surface area (Å²) in [6.45, 7) is 4.71. The lowest BCUT2D eigenvalue weighted by atomic mass is 10.1. The summed E-state index contributed by atoms with van der Waals surface area (Å²) >= 11 is 0. The number of aromatic nitrogens is 2. The highest BCUT2D eigenvalue weighted by Gasteiger charge is 2.23. The van der Waals surface area contributed by atoms with Gasteiger partial charge in [-0.3, -0.25) is 0 Å². The molecule has 4 nitrogen and oxygen atoms in total. The van der Waals surface area contributed by atoms with E-state index >= 15 is 0 Å². The second kappa shape index (κ2) is 4.09. The molecule has 14 heavy (non-hydrogen) atoms. The first kappa shape index (κ1) is 9.65.